The molecule has 0 aromatic heterocycles. The van der Waals surface area contributed by atoms with Crippen molar-refractivity contribution in [3.8, 4) is 5.75 Å². The largest absolute Gasteiger partial charge is 0.497 e. The Morgan fingerprint density at radius 3 is 2.35 bits per heavy atom. The first-order valence-electron chi connectivity index (χ1n) is 10.2. The number of ether oxygens (including phenoxy) is 1. The minimum absolute atomic E-state index is 0.0742. The second kappa shape index (κ2) is 10.9. The summed E-state index contributed by atoms with van der Waals surface area (Å²) < 4.78 is 5.17. The number of rotatable bonds is 9. The molecule has 0 radical (unpaired) electrons. The van der Waals surface area contributed by atoms with E-state index in [2.05, 4.69) is 5.32 Å². The first-order chi connectivity index (χ1) is 15.1. The van der Waals surface area contributed by atoms with Crippen LogP contribution in [0, 0.1) is 0 Å². The maximum Gasteiger partial charge on any atom is 0.255 e. The number of carbonyl (C=O) groups excluding carboxylic acids is 2. The van der Waals surface area contributed by atoms with Gasteiger partial charge in [-0.3, -0.25) is 9.59 Å². The van der Waals surface area contributed by atoms with Crippen LogP contribution in [0.4, 0.5) is 5.69 Å². The zero-order valence-electron chi connectivity index (χ0n) is 17.6. The fraction of sp³-hybridized carbons (Fsp3) is 0.200. The average Bonchev–Trinajstić information content (AvgIpc) is 2.82. The first-order valence-corrected chi connectivity index (χ1v) is 10.2. The van der Waals surface area contributed by atoms with Gasteiger partial charge in [0, 0.05) is 29.9 Å². The van der Waals surface area contributed by atoms with E-state index in [0.717, 1.165) is 5.56 Å². The minimum Gasteiger partial charge on any atom is -0.497 e. The normalized spacial score (nSPS) is 10.4. The molecular weight excluding hydrogens is 390 g/mol. The van der Waals surface area contributed by atoms with Crippen LogP contribution in [0.3, 0.4) is 0 Å². The van der Waals surface area contributed by atoms with Crippen LogP contribution in [0.25, 0.3) is 0 Å². The molecule has 3 aromatic carbocycles. The Morgan fingerprint density at radius 2 is 1.68 bits per heavy atom. The molecule has 3 rings (SSSR count). The fourth-order valence-corrected chi connectivity index (χ4v) is 3.21. The van der Waals surface area contributed by atoms with Crippen LogP contribution in [-0.4, -0.2) is 36.9 Å². The molecule has 3 N–H and O–H groups in total. The molecule has 6 heteroatoms. The second-order valence-corrected chi connectivity index (χ2v) is 7.12. The van der Waals surface area contributed by atoms with E-state index in [1.807, 2.05) is 42.5 Å². The van der Waals surface area contributed by atoms with Gasteiger partial charge in [0.2, 0.25) is 0 Å². The van der Waals surface area contributed by atoms with Gasteiger partial charge in [-0.2, -0.15) is 0 Å². The predicted octanol–water partition coefficient (Wildman–Crippen LogP) is 3.94. The van der Waals surface area contributed by atoms with Gasteiger partial charge in [0.1, 0.15) is 5.75 Å². The number of hydrogen-bond acceptors (Lipinski definition) is 4. The third-order valence-electron chi connectivity index (χ3n) is 4.85. The van der Waals surface area contributed by atoms with Crippen LogP contribution in [0.1, 0.15) is 32.7 Å². The second-order valence-electron chi connectivity index (χ2n) is 7.12. The van der Waals surface area contributed by atoms with Gasteiger partial charge in [-0.25, -0.2) is 0 Å². The molecule has 0 atom stereocenters. The number of anilines is 1. The molecule has 0 aliphatic heterocycles. The maximum atomic E-state index is 13.1. The highest BCUT2D eigenvalue weighted by molar-refractivity contribution is 6.04. The van der Waals surface area contributed by atoms with Gasteiger partial charge in [-0.15, -0.1) is 0 Å². The van der Waals surface area contributed by atoms with Crippen molar-refractivity contribution in [1.82, 2.24) is 4.90 Å². The Labute approximate surface area is 182 Å². The van der Waals surface area contributed by atoms with Crippen LogP contribution in [0.5, 0.6) is 5.75 Å². The Kier molecular flexibility index (Phi) is 7.79. The van der Waals surface area contributed by atoms with Gasteiger partial charge in [-0.05, 0) is 67.1 Å². The smallest absolute Gasteiger partial charge is 0.255 e. The lowest BCUT2D eigenvalue weighted by atomic mass is 10.1. The summed E-state index contributed by atoms with van der Waals surface area (Å²) in [5.74, 6) is 0.453. The van der Waals surface area contributed by atoms with Crippen LogP contribution < -0.4 is 15.8 Å². The molecule has 0 bridgehead atoms. The number of nitrogens with two attached hydrogens (primary N) is 1. The van der Waals surface area contributed by atoms with Crippen molar-refractivity contribution >= 4 is 17.5 Å². The lowest BCUT2D eigenvalue weighted by Crippen LogP contribution is -2.32. The molecule has 0 aliphatic carbocycles. The predicted molar refractivity (Wildman–Crippen MR) is 122 cm³/mol. The summed E-state index contributed by atoms with van der Waals surface area (Å²) in [5.41, 5.74) is 8.46. The van der Waals surface area contributed by atoms with Crippen LogP contribution in [0.15, 0.2) is 78.9 Å². The van der Waals surface area contributed by atoms with E-state index in [4.69, 9.17) is 10.5 Å². The summed E-state index contributed by atoms with van der Waals surface area (Å²) in [4.78, 5) is 27.3. The number of nitrogens with zero attached hydrogens (tertiary/aromatic N) is 1. The van der Waals surface area contributed by atoms with Crippen LogP contribution >= 0.6 is 0 Å². The summed E-state index contributed by atoms with van der Waals surface area (Å²) in [6.07, 6.45) is 0.701. The monoisotopic (exact) mass is 417 g/mol. The highest BCUT2D eigenvalue weighted by Crippen LogP contribution is 2.18. The number of benzene rings is 3. The highest BCUT2D eigenvalue weighted by Gasteiger charge is 2.16. The lowest BCUT2D eigenvalue weighted by Gasteiger charge is -2.23. The molecule has 0 fully saturated rings. The number of hydrogen-bond donors (Lipinski definition) is 2. The molecule has 31 heavy (non-hydrogen) atoms. The minimum atomic E-state index is -0.174. The van der Waals surface area contributed by atoms with Crippen molar-refractivity contribution in [3.05, 3.63) is 95.6 Å². The highest BCUT2D eigenvalue weighted by atomic mass is 16.5. The zero-order chi connectivity index (χ0) is 22.1. The lowest BCUT2D eigenvalue weighted by molar-refractivity contribution is 0.0742. The topological polar surface area (TPSA) is 84.7 Å². The van der Waals surface area contributed by atoms with Gasteiger partial charge in [-0.1, -0.05) is 30.3 Å². The van der Waals surface area contributed by atoms with E-state index in [1.165, 1.54) is 0 Å². The third kappa shape index (κ3) is 6.17. The summed E-state index contributed by atoms with van der Waals surface area (Å²) in [5, 5.41) is 2.91. The van der Waals surface area contributed by atoms with Gasteiger partial charge in [0.05, 0.1) is 7.11 Å². The number of amides is 2. The van der Waals surface area contributed by atoms with E-state index in [9.17, 15) is 9.59 Å². The Bertz CT molecular complexity index is 1000. The van der Waals surface area contributed by atoms with E-state index >= 15 is 0 Å². The van der Waals surface area contributed by atoms with E-state index in [0.29, 0.717) is 48.6 Å². The standard InChI is InChI=1S/C25H27N3O3/c1-31-23-13-11-21(12-14-23)25(30)28(16-6-15-26)18-19-7-5-10-22(17-19)27-24(29)20-8-3-2-4-9-20/h2-5,7-14,17H,6,15-16,18,26H2,1H3,(H,27,29). The number of carbonyl (C=O) groups is 2. The summed E-state index contributed by atoms with van der Waals surface area (Å²) in [6, 6.07) is 23.6. The van der Waals surface area contributed by atoms with E-state index in [1.54, 1.807) is 48.4 Å². The zero-order valence-corrected chi connectivity index (χ0v) is 17.6. The molecule has 0 heterocycles. The molecule has 2 amide bonds. The third-order valence-corrected chi connectivity index (χ3v) is 4.85. The number of nitrogens with one attached hydrogen (secondary N) is 1. The van der Waals surface area contributed by atoms with Crippen LogP contribution in [0.2, 0.25) is 0 Å². The van der Waals surface area contributed by atoms with Crippen molar-refractivity contribution in [3.63, 3.8) is 0 Å². The quantitative estimate of drug-likeness (QED) is 0.552. The molecule has 0 spiro atoms. The van der Waals surface area contributed by atoms with Gasteiger partial charge in [0.25, 0.3) is 11.8 Å². The first kappa shape index (κ1) is 22.1. The van der Waals surface area contributed by atoms with Crippen LogP contribution in [-0.2, 0) is 6.54 Å². The molecule has 6 nitrogen and oxygen atoms in total. The van der Waals surface area contributed by atoms with Crippen molar-refractivity contribution in [2.75, 3.05) is 25.5 Å². The fourth-order valence-electron chi connectivity index (χ4n) is 3.21. The Balaban J connectivity index is 1.74. The average molecular weight is 418 g/mol. The molecule has 0 unspecified atom stereocenters. The molecule has 3 aromatic rings. The van der Waals surface area contributed by atoms with Crippen molar-refractivity contribution < 1.29 is 14.3 Å². The summed E-state index contributed by atoms with van der Waals surface area (Å²) in [6.45, 7) is 1.46. The summed E-state index contributed by atoms with van der Waals surface area (Å²) in [7, 11) is 1.59. The van der Waals surface area contributed by atoms with Crippen molar-refractivity contribution in [2.24, 2.45) is 5.73 Å². The number of methoxy groups -OCH3 is 1. The summed E-state index contributed by atoms with van der Waals surface area (Å²) >= 11 is 0. The molecule has 0 aliphatic rings. The van der Waals surface area contributed by atoms with Gasteiger partial charge >= 0.3 is 0 Å². The molecular formula is C25H27N3O3. The Hall–Kier alpha value is -3.64. The molecule has 0 saturated carbocycles. The molecule has 0 saturated heterocycles. The van der Waals surface area contributed by atoms with Gasteiger partial charge < -0.3 is 20.7 Å². The van der Waals surface area contributed by atoms with Gasteiger partial charge in [0.15, 0.2) is 0 Å². The Morgan fingerprint density at radius 1 is 0.935 bits per heavy atom. The van der Waals surface area contributed by atoms with Crippen molar-refractivity contribution in [2.45, 2.75) is 13.0 Å². The molecule has 160 valence electrons. The van der Waals surface area contributed by atoms with E-state index in [-0.39, 0.29) is 11.8 Å². The van der Waals surface area contributed by atoms with Crippen molar-refractivity contribution in [1.29, 1.82) is 0 Å². The maximum absolute atomic E-state index is 13.1. The SMILES string of the molecule is COc1ccc(C(=O)N(CCCN)Cc2cccc(NC(=O)c3ccccc3)c2)cc1. The van der Waals surface area contributed by atoms with E-state index < -0.39 is 0 Å².